The van der Waals surface area contributed by atoms with Crippen LogP contribution in [0.15, 0.2) is 67.0 Å². The number of ether oxygens (including phenoxy) is 1. The number of rotatable bonds is 7. The van der Waals surface area contributed by atoms with Crippen molar-refractivity contribution in [3.63, 3.8) is 0 Å². The van der Waals surface area contributed by atoms with Crippen LogP contribution in [-0.2, 0) is 22.6 Å². The Bertz CT molecular complexity index is 1320. The molecule has 0 fully saturated rings. The van der Waals surface area contributed by atoms with Gasteiger partial charge in [-0.05, 0) is 54.4 Å². The summed E-state index contributed by atoms with van der Waals surface area (Å²) in [5, 5.41) is 4.03. The Labute approximate surface area is 192 Å². The van der Waals surface area contributed by atoms with Gasteiger partial charge in [0.1, 0.15) is 5.75 Å². The number of aromatic nitrogens is 2. The molecule has 4 aromatic rings. The average molecular weight is 443 g/mol. The Morgan fingerprint density at radius 2 is 1.91 bits per heavy atom. The van der Waals surface area contributed by atoms with Crippen molar-refractivity contribution in [2.75, 3.05) is 18.6 Å². The highest BCUT2D eigenvalue weighted by molar-refractivity contribution is 5.97. The van der Waals surface area contributed by atoms with Crippen molar-refractivity contribution in [2.24, 2.45) is 0 Å². The van der Waals surface area contributed by atoms with Gasteiger partial charge in [-0.15, -0.1) is 0 Å². The highest BCUT2D eigenvalue weighted by Gasteiger charge is 2.25. The zero-order chi connectivity index (χ0) is 22.8. The Balaban J connectivity index is 1.16. The Morgan fingerprint density at radius 1 is 1.06 bits per heavy atom. The number of methoxy groups -OCH3 is 1. The molecule has 7 nitrogen and oxygen atoms in total. The number of fused-ring (bicyclic) bond motifs is 4. The fourth-order valence-corrected chi connectivity index (χ4v) is 4.42. The quantitative estimate of drug-likeness (QED) is 0.455. The maximum atomic E-state index is 13.0. The summed E-state index contributed by atoms with van der Waals surface area (Å²) in [6.45, 7) is 1.02. The number of benzene rings is 2. The summed E-state index contributed by atoms with van der Waals surface area (Å²) in [5.74, 6) is 0.640. The van der Waals surface area contributed by atoms with Gasteiger partial charge in [-0.2, -0.15) is 0 Å². The van der Waals surface area contributed by atoms with Gasteiger partial charge in [0.25, 0.3) is 0 Å². The Kier molecular flexibility index (Phi) is 5.60. The molecule has 0 aliphatic carbocycles. The topological polar surface area (TPSA) is 79.4 Å². The zero-order valence-corrected chi connectivity index (χ0v) is 18.5. The van der Waals surface area contributed by atoms with E-state index in [4.69, 9.17) is 4.74 Å². The molecule has 2 N–H and O–H groups in total. The minimum atomic E-state index is -0.116. The van der Waals surface area contributed by atoms with Gasteiger partial charge in [-0.1, -0.05) is 12.1 Å². The third-order valence-corrected chi connectivity index (χ3v) is 6.14. The van der Waals surface area contributed by atoms with E-state index in [1.165, 1.54) is 0 Å². The van der Waals surface area contributed by atoms with Crippen molar-refractivity contribution in [2.45, 2.75) is 25.8 Å². The number of para-hydroxylation sites is 2. The number of carbonyl (C=O) groups is 2. The van der Waals surface area contributed by atoms with Gasteiger partial charge >= 0.3 is 0 Å². The molecule has 0 radical (unpaired) electrons. The highest BCUT2D eigenvalue weighted by Crippen LogP contribution is 2.32. The van der Waals surface area contributed by atoms with Crippen molar-refractivity contribution in [1.29, 1.82) is 0 Å². The minimum Gasteiger partial charge on any atom is -0.497 e. The lowest BCUT2D eigenvalue weighted by Crippen LogP contribution is -2.35. The average Bonchev–Trinajstić information content (AvgIpc) is 3.49. The van der Waals surface area contributed by atoms with Gasteiger partial charge in [0.05, 0.1) is 25.0 Å². The van der Waals surface area contributed by atoms with Gasteiger partial charge in [0, 0.05) is 48.4 Å². The SMILES string of the molecule is COc1ccc2[nH]cc(CCNC(=O)CCC(=O)N3Cc4cccn4-c4ccccc43)c2c1. The molecule has 3 heterocycles. The van der Waals surface area contributed by atoms with E-state index in [0.29, 0.717) is 19.5 Å². The first-order valence-corrected chi connectivity index (χ1v) is 11.1. The van der Waals surface area contributed by atoms with Crippen LogP contribution in [0.5, 0.6) is 5.75 Å². The third kappa shape index (κ3) is 4.09. The number of anilines is 1. The molecule has 2 aromatic heterocycles. The van der Waals surface area contributed by atoms with Gasteiger partial charge in [-0.3, -0.25) is 9.59 Å². The smallest absolute Gasteiger partial charge is 0.227 e. The summed E-state index contributed by atoms with van der Waals surface area (Å²) in [6, 6.07) is 17.7. The molecule has 2 amide bonds. The van der Waals surface area contributed by atoms with Gasteiger partial charge < -0.3 is 24.5 Å². The maximum absolute atomic E-state index is 13.0. The van der Waals surface area contributed by atoms with Gasteiger partial charge in [-0.25, -0.2) is 0 Å². The zero-order valence-electron chi connectivity index (χ0n) is 18.5. The largest absolute Gasteiger partial charge is 0.497 e. The second-order valence-electron chi connectivity index (χ2n) is 8.16. The third-order valence-electron chi connectivity index (χ3n) is 6.14. The van der Waals surface area contributed by atoms with E-state index in [-0.39, 0.29) is 24.7 Å². The molecule has 0 unspecified atom stereocenters. The molecule has 7 heteroatoms. The first-order chi connectivity index (χ1) is 16.1. The lowest BCUT2D eigenvalue weighted by molar-refractivity contribution is -0.125. The summed E-state index contributed by atoms with van der Waals surface area (Å²) in [5.41, 5.74) is 5.07. The standard InChI is InChI=1S/C26H26N4O3/c1-33-20-8-9-22-21(15-20)18(16-28-22)12-13-27-25(31)10-11-26(32)30-17-19-5-4-14-29(19)23-6-2-3-7-24(23)30/h2-9,14-16,28H,10-13,17H2,1H3,(H,27,31). The summed E-state index contributed by atoms with van der Waals surface area (Å²) in [6.07, 6.45) is 5.01. The van der Waals surface area contributed by atoms with Crippen molar-refractivity contribution in [1.82, 2.24) is 14.9 Å². The van der Waals surface area contributed by atoms with Gasteiger partial charge in [0.2, 0.25) is 11.8 Å². The van der Waals surface area contributed by atoms with Crippen molar-refractivity contribution >= 4 is 28.4 Å². The van der Waals surface area contributed by atoms with E-state index in [9.17, 15) is 9.59 Å². The molecule has 0 spiro atoms. The monoisotopic (exact) mass is 442 g/mol. The fourth-order valence-electron chi connectivity index (χ4n) is 4.42. The van der Waals surface area contributed by atoms with E-state index in [1.54, 1.807) is 12.0 Å². The number of hydrogen-bond donors (Lipinski definition) is 2. The fraction of sp³-hybridized carbons (Fsp3) is 0.231. The highest BCUT2D eigenvalue weighted by atomic mass is 16.5. The molecular formula is C26H26N4O3. The summed E-state index contributed by atoms with van der Waals surface area (Å²) in [4.78, 5) is 30.4. The number of H-pyrrole nitrogens is 1. The lowest BCUT2D eigenvalue weighted by atomic mass is 10.1. The molecule has 1 aliphatic heterocycles. The predicted molar refractivity (Wildman–Crippen MR) is 128 cm³/mol. The van der Waals surface area contributed by atoms with Crippen LogP contribution >= 0.6 is 0 Å². The number of carbonyl (C=O) groups excluding carboxylic acids is 2. The van der Waals surface area contributed by atoms with Crippen LogP contribution in [0.2, 0.25) is 0 Å². The van der Waals surface area contributed by atoms with E-state index in [1.807, 2.05) is 67.0 Å². The summed E-state index contributed by atoms with van der Waals surface area (Å²) < 4.78 is 7.41. The Hall–Kier alpha value is -4.00. The molecule has 5 rings (SSSR count). The Morgan fingerprint density at radius 3 is 2.76 bits per heavy atom. The number of amides is 2. The lowest BCUT2D eigenvalue weighted by Gasteiger charge is -2.31. The number of nitrogens with zero attached hydrogens (tertiary/aromatic N) is 2. The number of nitrogens with one attached hydrogen (secondary N) is 2. The molecule has 33 heavy (non-hydrogen) atoms. The molecule has 0 saturated carbocycles. The first-order valence-electron chi connectivity index (χ1n) is 11.1. The molecule has 168 valence electrons. The van der Waals surface area contributed by atoms with E-state index < -0.39 is 0 Å². The van der Waals surface area contributed by atoms with Crippen LogP contribution in [-0.4, -0.2) is 35.0 Å². The molecule has 0 saturated heterocycles. The predicted octanol–water partition coefficient (Wildman–Crippen LogP) is 3.95. The van der Waals surface area contributed by atoms with Crippen LogP contribution in [0, 0.1) is 0 Å². The normalized spacial score (nSPS) is 12.3. The van der Waals surface area contributed by atoms with Crippen molar-refractivity contribution in [3.8, 4) is 11.4 Å². The van der Waals surface area contributed by atoms with E-state index >= 15 is 0 Å². The van der Waals surface area contributed by atoms with Crippen LogP contribution in [0.4, 0.5) is 5.69 Å². The van der Waals surface area contributed by atoms with E-state index in [0.717, 1.165) is 39.3 Å². The maximum Gasteiger partial charge on any atom is 0.227 e. The van der Waals surface area contributed by atoms with Crippen LogP contribution < -0.4 is 15.0 Å². The van der Waals surface area contributed by atoms with Crippen LogP contribution in [0.25, 0.3) is 16.6 Å². The molecule has 1 aliphatic rings. The molecular weight excluding hydrogens is 416 g/mol. The van der Waals surface area contributed by atoms with Crippen molar-refractivity contribution < 1.29 is 14.3 Å². The molecule has 0 atom stereocenters. The molecule has 2 aromatic carbocycles. The second kappa shape index (κ2) is 8.86. The minimum absolute atomic E-state index is 0.0474. The first kappa shape index (κ1) is 20.9. The second-order valence-corrected chi connectivity index (χ2v) is 8.16. The van der Waals surface area contributed by atoms with Gasteiger partial charge in [0.15, 0.2) is 0 Å². The summed E-state index contributed by atoms with van der Waals surface area (Å²) in [7, 11) is 1.65. The number of aromatic amines is 1. The molecule has 0 bridgehead atoms. The summed E-state index contributed by atoms with van der Waals surface area (Å²) >= 11 is 0. The number of hydrogen-bond acceptors (Lipinski definition) is 3. The van der Waals surface area contributed by atoms with Crippen LogP contribution in [0.1, 0.15) is 24.1 Å². The van der Waals surface area contributed by atoms with Crippen molar-refractivity contribution in [3.05, 3.63) is 78.2 Å². The van der Waals surface area contributed by atoms with E-state index in [2.05, 4.69) is 14.9 Å². The van der Waals surface area contributed by atoms with Crippen LogP contribution in [0.3, 0.4) is 0 Å².